The molecule has 0 unspecified atom stereocenters. The molecule has 1 heterocycles. The summed E-state index contributed by atoms with van der Waals surface area (Å²) in [6, 6.07) is 19.2. The Kier molecular flexibility index (Phi) is 5.83. The van der Waals surface area contributed by atoms with E-state index in [0.717, 1.165) is 23.4 Å². The number of nitrogens with zero attached hydrogens (tertiary/aromatic N) is 1. The van der Waals surface area contributed by atoms with Gasteiger partial charge in [-0.25, -0.2) is 4.79 Å². The summed E-state index contributed by atoms with van der Waals surface area (Å²) >= 11 is 0. The third kappa shape index (κ3) is 5.08. The molecule has 0 saturated heterocycles. The van der Waals surface area contributed by atoms with Crippen LogP contribution in [0.5, 0.6) is 5.75 Å². The highest BCUT2D eigenvalue weighted by Crippen LogP contribution is 2.14. The molecule has 26 heavy (non-hydrogen) atoms. The van der Waals surface area contributed by atoms with Gasteiger partial charge in [-0.05, 0) is 59.5 Å². The van der Waals surface area contributed by atoms with Crippen LogP contribution in [0.25, 0.3) is 0 Å². The Bertz CT molecular complexity index is 831. The van der Waals surface area contributed by atoms with Crippen LogP contribution in [-0.2, 0) is 13.0 Å². The Morgan fingerprint density at radius 2 is 1.50 bits per heavy atom. The highest BCUT2D eigenvalue weighted by Gasteiger charge is 2.03. The molecule has 2 N–H and O–H groups in total. The van der Waals surface area contributed by atoms with Gasteiger partial charge in [0.15, 0.2) is 0 Å². The fourth-order valence-electron chi connectivity index (χ4n) is 2.54. The number of amides is 2. The Hall–Kier alpha value is -3.34. The minimum atomic E-state index is -0.234. The Balaban J connectivity index is 1.49. The summed E-state index contributed by atoms with van der Waals surface area (Å²) < 4.78 is 5.12. The van der Waals surface area contributed by atoms with Crippen LogP contribution < -0.4 is 15.4 Å². The quantitative estimate of drug-likeness (QED) is 0.708. The van der Waals surface area contributed by atoms with E-state index in [1.54, 1.807) is 19.5 Å². The van der Waals surface area contributed by atoms with Gasteiger partial charge >= 0.3 is 6.03 Å². The lowest BCUT2D eigenvalue weighted by Gasteiger charge is -2.09. The van der Waals surface area contributed by atoms with Crippen molar-refractivity contribution in [3.63, 3.8) is 0 Å². The molecule has 0 bridgehead atoms. The normalized spacial score (nSPS) is 10.2. The van der Waals surface area contributed by atoms with Crippen LogP contribution in [0.3, 0.4) is 0 Å². The Morgan fingerprint density at radius 3 is 2.15 bits per heavy atom. The van der Waals surface area contributed by atoms with Gasteiger partial charge in [0.1, 0.15) is 5.75 Å². The van der Waals surface area contributed by atoms with Crippen LogP contribution in [0.15, 0.2) is 73.1 Å². The first-order valence-corrected chi connectivity index (χ1v) is 8.38. The number of rotatable bonds is 6. The first kappa shape index (κ1) is 17.5. The molecule has 3 rings (SSSR count). The van der Waals surface area contributed by atoms with Gasteiger partial charge in [-0.3, -0.25) is 4.98 Å². The fourth-order valence-corrected chi connectivity index (χ4v) is 2.54. The summed E-state index contributed by atoms with van der Waals surface area (Å²) in [5.74, 6) is 0.796. The summed E-state index contributed by atoms with van der Waals surface area (Å²) in [5.41, 5.74) is 4.16. The standard InChI is InChI=1S/C21H21N3O2/c1-26-20-8-4-18(5-9-20)15-23-21(25)24-19-6-2-16(3-7-19)14-17-10-12-22-13-11-17/h2-13H,14-15H2,1H3,(H2,23,24,25). The third-order valence-electron chi connectivity index (χ3n) is 3.98. The van der Waals surface area contributed by atoms with Crippen LogP contribution in [0, 0.1) is 0 Å². The molecule has 132 valence electrons. The number of methoxy groups -OCH3 is 1. The van der Waals surface area contributed by atoms with Gasteiger partial charge in [0.25, 0.3) is 0 Å². The number of hydrogen-bond donors (Lipinski definition) is 2. The number of aromatic nitrogens is 1. The van der Waals surface area contributed by atoms with Gasteiger partial charge in [-0.1, -0.05) is 24.3 Å². The first-order chi connectivity index (χ1) is 12.7. The molecule has 1 aromatic heterocycles. The zero-order chi connectivity index (χ0) is 18.2. The zero-order valence-corrected chi connectivity index (χ0v) is 14.6. The molecule has 0 aliphatic heterocycles. The number of ether oxygens (including phenoxy) is 1. The molecule has 0 saturated carbocycles. The smallest absolute Gasteiger partial charge is 0.319 e. The largest absolute Gasteiger partial charge is 0.497 e. The zero-order valence-electron chi connectivity index (χ0n) is 14.6. The van der Waals surface area contributed by atoms with E-state index >= 15 is 0 Å². The predicted molar refractivity (Wildman–Crippen MR) is 102 cm³/mol. The van der Waals surface area contributed by atoms with E-state index in [-0.39, 0.29) is 6.03 Å². The van der Waals surface area contributed by atoms with Crippen molar-refractivity contribution in [2.24, 2.45) is 0 Å². The molecular weight excluding hydrogens is 326 g/mol. The van der Waals surface area contributed by atoms with Crippen molar-refractivity contribution < 1.29 is 9.53 Å². The van der Waals surface area contributed by atoms with Crippen LogP contribution >= 0.6 is 0 Å². The fraction of sp³-hybridized carbons (Fsp3) is 0.143. The van der Waals surface area contributed by atoms with Gasteiger partial charge in [-0.15, -0.1) is 0 Å². The van der Waals surface area contributed by atoms with E-state index in [1.165, 1.54) is 11.1 Å². The van der Waals surface area contributed by atoms with Crippen molar-refractivity contribution >= 4 is 11.7 Å². The number of hydrogen-bond acceptors (Lipinski definition) is 3. The molecular formula is C21H21N3O2. The van der Waals surface area contributed by atoms with Crippen LogP contribution in [0.2, 0.25) is 0 Å². The molecule has 2 aromatic carbocycles. The molecule has 0 fully saturated rings. The Labute approximate surface area is 153 Å². The molecule has 3 aromatic rings. The molecule has 0 radical (unpaired) electrons. The molecule has 5 nitrogen and oxygen atoms in total. The van der Waals surface area contributed by atoms with Crippen LogP contribution in [-0.4, -0.2) is 18.1 Å². The molecule has 2 amide bonds. The van der Waals surface area contributed by atoms with Crippen molar-refractivity contribution in [1.82, 2.24) is 10.3 Å². The van der Waals surface area contributed by atoms with Crippen molar-refractivity contribution in [3.8, 4) is 5.75 Å². The van der Waals surface area contributed by atoms with Gasteiger partial charge in [0.2, 0.25) is 0 Å². The monoisotopic (exact) mass is 347 g/mol. The van der Waals surface area contributed by atoms with E-state index in [1.807, 2.05) is 60.7 Å². The topological polar surface area (TPSA) is 63.2 Å². The van der Waals surface area contributed by atoms with E-state index in [9.17, 15) is 4.79 Å². The van der Waals surface area contributed by atoms with E-state index in [4.69, 9.17) is 4.74 Å². The predicted octanol–water partition coefficient (Wildman–Crippen LogP) is 4.00. The average Bonchev–Trinajstić information content (AvgIpc) is 2.69. The second-order valence-electron chi connectivity index (χ2n) is 5.88. The number of benzene rings is 2. The average molecular weight is 347 g/mol. The molecule has 0 aliphatic carbocycles. The minimum absolute atomic E-state index is 0.234. The van der Waals surface area contributed by atoms with E-state index < -0.39 is 0 Å². The SMILES string of the molecule is COc1ccc(CNC(=O)Nc2ccc(Cc3ccncc3)cc2)cc1. The lowest BCUT2D eigenvalue weighted by molar-refractivity contribution is 0.251. The van der Waals surface area contributed by atoms with Crippen molar-refractivity contribution in [2.75, 3.05) is 12.4 Å². The van der Waals surface area contributed by atoms with Crippen LogP contribution in [0.1, 0.15) is 16.7 Å². The van der Waals surface area contributed by atoms with Crippen LogP contribution in [0.4, 0.5) is 10.5 Å². The van der Waals surface area contributed by atoms with Crippen molar-refractivity contribution in [2.45, 2.75) is 13.0 Å². The molecule has 0 atom stereocenters. The Morgan fingerprint density at radius 1 is 0.885 bits per heavy atom. The summed E-state index contributed by atoms with van der Waals surface area (Å²) in [6.07, 6.45) is 4.42. The number of anilines is 1. The summed E-state index contributed by atoms with van der Waals surface area (Å²) in [7, 11) is 1.63. The minimum Gasteiger partial charge on any atom is -0.497 e. The summed E-state index contributed by atoms with van der Waals surface area (Å²) in [4.78, 5) is 16.1. The van der Waals surface area contributed by atoms with Gasteiger partial charge in [-0.2, -0.15) is 0 Å². The summed E-state index contributed by atoms with van der Waals surface area (Å²) in [6.45, 7) is 0.454. The van der Waals surface area contributed by atoms with E-state index in [0.29, 0.717) is 6.54 Å². The van der Waals surface area contributed by atoms with Gasteiger partial charge in [0, 0.05) is 24.6 Å². The number of carbonyl (C=O) groups excluding carboxylic acids is 1. The maximum atomic E-state index is 12.0. The lowest BCUT2D eigenvalue weighted by atomic mass is 10.1. The van der Waals surface area contributed by atoms with E-state index in [2.05, 4.69) is 15.6 Å². The lowest BCUT2D eigenvalue weighted by Crippen LogP contribution is -2.28. The van der Waals surface area contributed by atoms with Gasteiger partial charge < -0.3 is 15.4 Å². The second-order valence-corrected chi connectivity index (χ2v) is 5.88. The number of nitrogens with one attached hydrogen (secondary N) is 2. The van der Waals surface area contributed by atoms with Crippen molar-refractivity contribution in [1.29, 1.82) is 0 Å². The molecule has 0 spiro atoms. The van der Waals surface area contributed by atoms with Gasteiger partial charge in [0.05, 0.1) is 7.11 Å². The molecule has 5 heteroatoms. The highest BCUT2D eigenvalue weighted by atomic mass is 16.5. The second kappa shape index (κ2) is 8.67. The maximum absolute atomic E-state index is 12.0. The number of carbonyl (C=O) groups is 1. The number of pyridine rings is 1. The number of urea groups is 1. The van der Waals surface area contributed by atoms with Crippen molar-refractivity contribution in [3.05, 3.63) is 89.7 Å². The molecule has 0 aliphatic rings. The maximum Gasteiger partial charge on any atom is 0.319 e. The highest BCUT2D eigenvalue weighted by molar-refractivity contribution is 5.89. The first-order valence-electron chi connectivity index (χ1n) is 8.38. The third-order valence-corrected chi connectivity index (χ3v) is 3.98. The summed E-state index contributed by atoms with van der Waals surface area (Å²) in [5, 5.41) is 5.68.